The van der Waals surface area contributed by atoms with Crippen LogP contribution in [-0.4, -0.2) is 26.5 Å². The van der Waals surface area contributed by atoms with Crippen LogP contribution in [0.3, 0.4) is 0 Å². The Morgan fingerprint density at radius 2 is 1.76 bits per heavy atom. The lowest BCUT2D eigenvalue weighted by atomic mass is 9.91. The van der Waals surface area contributed by atoms with Crippen molar-refractivity contribution in [1.82, 2.24) is 0 Å². The number of benzene rings is 2. The fourth-order valence-electron chi connectivity index (χ4n) is 2.01. The molecule has 21 heavy (non-hydrogen) atoms. The smallest absolute Gasteiger partial charge is 0.311 e. The van der Waals surface area contributed by atoms with Gasteiger partial charge in [0.25, 0.3) is 0 Å². The number of nitro groups is 1. The Morgan fingerprint density at radius 3 is 2.33 bits per heavy atom. The van der Waals surface area contributed by atoms with Gasteiger partial charge in [0, 0.05) is 17.7 Å². The van der Waals surface area contributed by atoms with E-state index >= 15 is 0 Å². The summed E-state index contributed by atoms with van der Waals surface area (Å²) in [5.41, 5.74) is -0.0871. The van der Waals surface area contributed by atoms with Gasteiger partial charge in [0.2, 0.25) is 0 Å². The van der Waals surface area contributed by atoms with Crippen LogP contribution in [0.2, 0.25) is 0 Å². The van der Waals surface area contributed by atoms with Gasteiger partial charge in [-0.05, 0) is 17.7 Å². The van der Waals surface area contributed by atoms with E-state index in [4.69, 9.17) is 0 Å². The largest absolute Gasteiger partial charge is 0.508 e. The quantitative estimate of drug-likeness (QED) is 0.450. The average molecular weight is 289 g/mol. The SMILES string of the molecule is O=CC(c1ccc(O)c([N+](=O)[O-])c1)c1ccc(O)cc1O. The first kappa shape index (κ1) is 14.3. The first-order valence-corrected chi connectivity index (χ1v) is 5.88. The van der Waals surface area contributed by atoms with Crippen molar-refractivity contribution in [2.75, 3.05) is 0 Å². The van der Waals surface area contributed by atoms with E-state index in [1.165, 1.54) is 18.2 Å². The van der Waals surface area contributed by atoms with Crippen molar-refractivity contribution in [3.05, 3.63) is 57.6 Å². The van der Waals surface area contributed by atoms with Crippen molar-refractivity contribution < 1.29 is 25.0 Å². The van der Waals surface area contributed by atoms with Crippen LogP contribution in [0.15, 0.2) is 36.4 Å². The van der Waals surface area contributed by atoms with Crippen LogP contribution in [-0.2, 0) is 4.79 Å². The number of nitro benzene ring substituents is 1. The van der Waals surface area contributed by atoms with Gasteiger partial charge < -0.3 is 20.1 Å². The van der Waals surface area contributed by atoms with Crippen LogP contribution in [0, 0.1) is 10.1 Å². The topological polar surface area (TPSA) is 121 Å². The molecule has 0 saturated carbocycles. The van der Waals surface area contributed by atoms with E-state index in [9.17, 15) is 30.2 Å². The van der Waals surface area contributed by atoms with Crippen LogP contribution in [0.4, 0.5) is 5.69 Å². The summed E-state index contributed by atoms with van der Waals surface area (Å²) in [7, 11) is 0. The van der Waals surface area contributed by atoms with E-state index in [0.29, 0.717) is 6.29 Å². The number of carbonyl (C=O) groups is 1. The molecule has 1 atom stereocenters. The van der Waals surface area contributed by atoms with Crippen LogP contribution < -0.4 is 0 Å². The fourth-order valence-corrected chi connectivity index (χ4v) is 2.01. The number of nitrogens with zero attached hydrogens (tertiary/aromatic N) is 1. The molecular weight excluding hydrogens is 278 g/mol. The number of phenolic OH excluding ortho intramolecular Hbond substituents is 3. The summed E-state index contributed by atoms with van der Waals surface area (Å²) in [6.07, 6.45) is 0.516. The molecule has 0 aliphatic rings. The third-order valence-corrected chi connectivity index (χ3v) is 3.04. The molecule has 7 heteroatoms. The monoisotopic (exact) mass is 289 g/mol. The lowest BCUT2D eigenvalue weighted by Crippen LogP contribution is -2.03. The highest BCUT2D eigenvalue weighted by atomic mass is 16.6. The van der Waals surface area contributed by atoms with Crippen LogP contribution in [0.1, 0.15) is 17.0 Å². The lowest BCUT2D eigenvalue weighted by Gasteiger charge is -2.13. The van der Waals surface area contributed by atoms with Gasteiger partial charge >= 0.3 is 5.69 Å². The van der Waals surface area contributed by atoms with E-state index in [1.807, 2.05) is 0 Å². The van der Waals surface area contributed by atoms with E-state index < -0.39 is 22.3 Å². The highest BCUT2D eigenvalue weighted by molar-refractivity contribution is 5.71. The van der Waals surface area contributed by atoms with Gasteiger partial charge in [-0.1, -0.05) is 12.1 Å². The van der Waals surface area contributed by atoms with Gasteiger partial charge in [-0.3, -0.25) is 10.1 Å². The third-order valence-electron chi connectivity index (χ3n) is 3.04. The summed E-state index contributed by atoms with van der Waals surface area (Å²) in [6, 6.07) is 7.25. The second kappa shape index (κ2) is 5.49. The second-order valence-corrected chi connectivity index (χ2v) is 4.36. The Hall–Kier alpha value is -3.09. The van der Waals surface area contributed by atoms with Crippen LogP contribution in [0.25, 0.3) is 0 Å². The Balaban J connectivity index is 2.54. The maximum atomic E-state index is 11.3. The van der Waals surface area contributed by atoms with Gasteiger partial charge in [0.15, 0.2) is 5.75 Å². The summed E-state index contributed by atoms with van der Waals surface area (Å²) >= 11 is 0. The van der Waals surface area contributed by atoms with Crippen molar-refractivity contribution >= 4 is 12.0 Å². The zero-order valence-corrected chi connectivity index (χ0v) is 10.6. The van der Waals surface area contributed by atoms with Crippen molar-refractivity contribution in [3.63, 3.8) is 0 Å². The third kappa shape index (κ3) is 2.76. The van der Waals surface area contributed by atoms with E-state index in [-0.39, 0.29) is 22.6 Å². The fraction of sp³-hybridized carbons (Fsp3) is 0.0714. The highest BCUT2D eigenvalue weighted by Crippen LogP contribution is 2.35. The minimum Gasteiger partial charge on any atom is -0.508 e. The molecule has 0 heterocycles. The molecule has 2 aromatic carbocycles. The maximum Gasteiger partial charge on any atom is 0.311 e. The molecule has 2 aromatic rings. The molecule has 2 rings (SSSR count). The molecule has 7 nitrogen and oxygen atoms in total. The maximum absolute atomic E-state index is 11.3. The molecule has 0 aliphatic carbocycles. The summed E-state index contributed by atoms with van der Waals surface area (Å²) in [6.45, 7) is 0. The number of hydrogen-bond donors (Lipinski definition) is 3. The number of phenols is 3. The number of aromatic hydroxyl groups is 3. The van der Waals surface area contributed by atoms with Crippen molar-refractivity contribution in [2.45, 2.75) is 5.92 Å². The highest BCUT2D eigenvalue weighted by Gasteiger charge is 2.22. The first-order valence-electron chi connectivity index (χ1n) is 5.88. The molecule has 3 N–H and O–H groups in total. The number of carbonyl (C=O) groups excluding carboxylic acids is 1. The lowest BCUT2D eigenvalue weighted by molar-refractivity contribution is -0.385. The van der Waals surface area contributed by atoms with Gasteiger partial charge in [0.05, 0.1) is 10.8 Å². The average Bonchev–Trinajstić information content (AvgIpc) is 2.43. The molecule has 1 unspecified atom stereocenters. The minimum absolute atomic E-state index is 0.169. The van der Waals surface area contributed by atoms with Crippen LogP contribution in [0.5, 0.6) is 17.2 Å². The van der Waals surface area contributed by atoms with Gasteiger partial charge in [-0.25, -0.2) is 0 Å². The van der Waals surface area contributed by atoms with E-state index in [2.05, 4.69) is 0 Å². The molecule has 0 bridgehead atoms. The molecule has 0 saturated heterocycles. The number of hydrogen-bond acceptors (Lipinski definition) is 6. The van der Waals surface area contributed by atoms with Gasteiger partial charge in [0.1, 0.15) is 17.8 Å². The molecule has 0 amide bonds. The van der Waals surface area contributed by atoms with Gasteiger partial charge in [-0.15, -0.1) is 0 Å². The Labute approximate surface area is 118 Å². The van der Waals surface area contributed by atoms with E-state index in [1.54, 1.807) is 0 Å². The summed E-state index contributed by atoms with van der Waals surface area (Å²) < 4.78 is 0. The Morgan fingerprint density at radius 1 is 1.05 bits per heavy atom. The zero-order valence-electron chi connectivity index (χ0n) is 10.6. The second-order valence-electron chi connectivity index (χ2n) is 4.36. The number of aldehydes is 1. The number of rotatable bonds is 4. The van der Waals surface area contributed by atoms with Crippen LogP contribution >= 0.6 is 0 Å². The Bertz CT molecular complexity index is 713. The molecule has 108 valence electrons. The molecule has 0 radical (unpaired) electrons. The summed E-state index contributed by atoms with van der Waals surface area (Å²) in [5.74, 6) is -1.94. The zero-order chi connectivity index (χ0) is 15.6. The van der Waals surface area contributed by atoms with E-state index in [0.717, 1.165) is 18.2 Å². The molecule has 0 aliphatic heterocycles. The summed E-state index contributed by atoms with van der Waals surface area (Å²) in [5, 5.41) is 39.2. The predicted octanol–water partition coefficient (Wildman–Crippen LogP) is 2.04. The Kier molecular flexibility index (Phi) is 3.75. The first-order chi connectivity index (χ1) is 9.93. The summed E-state index contributed by atoms with van der Waals surface area (Å²) in [4.78, 5) is 21.3. The van der Waals surface area contributed by atoms with Gasteiger partial charge in [-0.2, -0.15) is 0 Å². The van der Waals surface area contributed by atoms with Crippen molar-refractivity contribution in [2.24, 2.45) is 0 Å². The molecule has 0 fully saturated rings. The standard InChI is InChI=1S/C14H11NO6/c16-7-11(10-3-2-9(17)6-14(10)19)8-1-4-13(18)12(5-8)15(20)21/h1-7,11,17-19H. The molecule has 0 aromatic heterocycles. The minimum atomic E-state index is -0.954. The van der Waals surface area contributed by atoms with Crippen molar-refractivity contribution in [1.29, 1.82) is 0 Å². The molecular formula is C14H11NO6. The van der Waals surface area contributed by atoms with Crippen molar-refractivity contribution in [3.8, 4) is 17.2 Å². The predicted molar refractivity (Wildman–Crippen MR) is 72.4 cm³/mol. The normalized spacial score (nSPS) is 11.8. The molecule has 0 spiro atoms.